The maximum atomic E-state index is 5.32. The maximum Gasteiger partial charge on any atom is 0.119 e. The molecule has 2 nitrogen and oxygen atoms in total. The minimum atomic E-state index is 0.248. The zero-order chi connectivity index (χ0) is 17.2. The van der Waals surface area contributed by atoms with Gasteiger partial charge >= 0.3 is 0 Å². The summed E-state index contributed by atoms with van der Waals surface area (Å²) in [5.41, 5.74) is 6.76. The molecule has 1 unspecified atom stereocenters. The fraction of sp³-hybridized carbons (Fsp3) is 0.217. The molecule has 3 aromatic carbocycles. The van der Waals surface area contributed by atoms with Crippen molar-refractivity contribution in [3.8, 4) is 5.75 Å². The Bertz CT molecular complexity index is 869. The average Bonchev–Trinajstić information content (AvgIpc) is 2.67. The highest BCUT2D eigenvalue weighted by atomic mass is 16.5. The summed E-state index contributed by atoms with van der Waals surface area (Å²) < 4.78 is 5.32. The van der Waals surface area contributed by atoms with Crippen LogP contribution in [0.15, 0.2) is 72.8 Å². The van der Waals surface area contributed by atoms with E-state index in [1.807, 2.05) is 12.1 Å². The van der Waals surface area contributed by atoms with Gasteiger partial charge in [-0.2, -0.15) is 0 Å². The Balaban J connectivity index is 1.82. The van der Waals surface area contributed by atoms with E-state index in [4.69, 9.17) is 4.74 Å². The third kappa shape index (κ3) is 3.00. The van der Waals surface area contributed by atoms with Crippen LogP contribution in [-0.4, -0.2) is 13.7 Å². The quantitative estimate of drug-likeness (QED) is 0.658. The molecule has 0 aliphatic carbocycles. The summed E-state index contributed by atoms with van der Waals surface area (Å²) in [6.45, 7) is 3.18. The second kappa shape index (κ2) is 6.64. The van der Waals surface area contributed by atoms with Crippen LogP contribution < -0.4 is 9.64 Å². The first-order valence-electron chi connectivity index (χ1n) is 8.81. The predicted molar refractivity (Wildman–Crippen MR) is 104 cm³/mol. The third-order valence-electron chi connectivity index (χ3n) is 5.05. The Morgan fingerprint density at radius 3 is 2.48 bits per heavy atom. The lowest BCUT2D eigenvalue weighted by molar-refractivity contribution is 0.414. The molecule has 126 valence electrons. The monoisotopic (exact) mass is 329 g/mol. The molecule has 0 saturated carbocycles. The van der Waals surface area contributed by atoms with E-state index in [0.29, 0.717) is 0 Å². The van der Waals surface area contributed by atoms with Gasteiger partial charge in [0, 0.05) is 12.2 Å². The number of rotatable bonds is 3. The van der Waals surface area contributed by atoms with Crippen molar-refractivity contribution in [1.82, 2.24) is 0 Å². The molecule has 1 atom stereocenters. The van der Waals surface area contributed by atoms with Crippen LogP contribution in [0.4, 0.5) is 5.69 Å². The number of hydrogen-bond acceptors (Lipinski definition) is 2. The number of fused-ring (bicyclic) bond motifs is 1. The molecule has 4 rings (SSSR count). The van der Waals surface area contributed by atoms with Crippen LogP contribution in [0.5, 0.6) is 5.75 Å². The van der Waals surface area contributed by atoms with Crippen molar-refractivity contribution in [2.45, 2.75) is 19.4 Å². The number of aryl methyl sites for hydroxylation is 1. The average molecular weight is 329 g/mol. The molecular formula is C23H23NO. The first kappa shape index (κ1) is 15.8. The molecule has 0 amide bonds. The molecular weight excluding hydrogens is 306 g/mol. The highest BCUT2D eigenvalue weighted by Gasteiger charge is 2.28. The first-order chi connectivity index (χ1) is 12.3. The molecule has 25 heavy (non-hydrogen) atoms. The molecule has 0 N–H and O–H groups in total. The highest BCUT2D eigenvalue weighted by Crippen LogP contribution is 2.38. The first-order valence-corrected chi connectivity index (χ1v) is 8.81. The van der Waals surface area contributed by atoms with Crippen molar-refractivity contribution in [2.75, 3.05) is 18.6 Å². The molecule has 0 bridgehead atoms. The van der Waals surface area contributed by atoms with Gasteiger partial charge in [-0.25, -0.2) is 0 Å². The number of ether oxygens (including phenoxy) is 1. The molecule has 1 heterocycles. The van der Waals surface area contributed by atoms with Gasteiger partial charge in [-0.3, -0.25) is 0 Å². The lowest BCUT2D eigenvalue weighted by Gasteiger charge is -2.39. The lowest BCUT2D eigenvalue weighted by atomic mass is 9.87. The molecule has 0 fully saturated rings. The second-order valence-corrected chi connectivity index (χ2v) is 6.66. The third-order valence-corrected chi connectivity index (χ3v) is 5.05. The largest absolute Gasteiger partial charge is 0.497 e. The second-order valence-electron chi connectivity index (χ2n) is 6.66. The van der Waals surface area contributed by atoms with Crippen LogP contribution >= 0.6 is 0 Å². The van der Waals surface area contributed by atoms with Crippen LogP contribution in [0, 0.1) is 6.92 Å². The van der Waals surface area contributed by atoms with E-state index in [9.17, 15) is 0 Å². The van der Waals surface area contributed by atoms with E-state index in [0.717, 1.165) is 18.7 Å². The molecule has 2 heteroatoms. The van der Waals surface area contributed by atoms with Crippen molar-refractivity contribution >= 4 is 5.69 Å². The number of hydrogen-bond donors (Lipinski definition) is 0. The maximum absolute atomic E-state index is 5.32. The molecule has 3 aromatic rings. The van der Waals surface area contributed by atoms with Gasteiger partial charge in [0.05, 0.1) is 13.2 Å². The molecule has 0 spiro atoms. The normalized spacial score (nSPS) is 16.4. The van der Waals surface area contributed by atoms with Gasteiger partial charge in [0.2, 0.25) is 0 Å². The van der Waals surface area contributed by atoms with E-state index in [1.165, 1.54) is 27.9 Å². The van der Waals surface area contributed by atoms with Crippen LogP contribution in [-0.2, 0) is 6.42 Å². The van der Waals surface area contributed by atoms with Crippen LogP contribution in [0.25, 0.3) is 0 Å². The van der Waals surface area contributed by atoms with Crippen molar-refractivity contribution in [3.05, 3.63) is 95.1 Å². The van der Waals surface area contributed by atoms with Gasteiger partial charge in [0.25, 0.3) is 0 Å². The molecule has 1 aliphatic rings. The van der Waals surface area contributed by atoms with Gasteiger partial charge in [-0.15, -0.1) is 0 Å². The van der Waals surface area contributed by atoms with E-state index >= 15 is 0 Å². The summed E-state index contributed by atoms with van der Waals surface area (Å²) in [5.74, 6) is 0.897. The SMILES string of the molecule is COc1ccc(N2CCc3ccccc3C2c2cccc(C)c2)cc1. The zero-order valence-electron chi connectivity index (χ0n) is 14.8. The summed E-state index contributed by atoms with van der Waals surface area (Å²) in [5, 5.41) is 0. The highest BCUT2D eigenvalue weighted by molar-refractivity contribution is 5.57. The van der Waals surface area contributed by atoms with Crippen molar-refractivity contribution < 1.29 is 4.74 Å². The Hall–Kier alpha value is -2.74. The van der Waals surface area contributed by atoms with E-state index in [1.54, 1.807) is 7.11 Å². The van der Waals surface area contributed by atoms with Gasteiger partial charge in [-0.05, 0) is 54.3 Å². The molecule has 0 radical (unpaired) electrons. The van der Waals surface area contributed by atoms with Gasteiger partial charge < -0.3 is 9.64 Å². The van der Waals surface area contributed by atoms with Gasteiger partial charge in [-0.1, -0.05) is 54.1 Å². The van der Waals surface area contributed by atoms with E-state index < -0.39 is 0 Å². The van der Waals surface area contributed by atoms with E-state index in [2.05, 4.69) is 72.5 Å². The summed E-state index contributed by atoms with van der Waals surface area (Å²) >= 11 is 0. The summed E-state index contributed by atoms with van der Waals surface area (Å²) in [4.78, 5) is 2.51. The lowest BCUT2D eigenvalue weighted by Crippen LogP contribution is -2.36. The molecule has 0 aromatic heterocycles. The molecule has 1 aliphatic heterocycles. The predicted octanol–water partition coefficient (Wildman–Crippen LogP) is 5.16. The van der Waals surface area contributed by atoms with E-state index in [-0.39, 0.29) is 6.04 Å². The number of nitrogens with zero attached hydrogens (tertiary/aromatic N) is 1. The number of methoxy groups -OCH3 is 1. The minimum absolute atomic E-state index is 0.248. The zero-order valence-corrected chi connectivity index (χ0v) is 14.8. The fourth-order valence-corrected chi connectivity index (χ4v) is 3.82. The van der Waals surface area contributed by atoms with Crippen LogP contribution in [0.3, 0.4) is 0 Å². The summed E-state index contributed by atoms with van der Waals surface area (Å²) in [6, 6.07) is 26.4. The Labute approximate surface area is 149 Å². The molecule has 0 saturated heterocycles. The van der Waals surface area contributed by atoms with Crippen molar-refractivity contribution in [3.63, 3.8) is 0 Å². The fourth-order valence-electron chi connectivity index (χ4n) is 3.82. The Morgan fingerprint density at radius 2 is 1.72 bits per heavy atom. The van der Waals surface area contributed by atoms with Crippen LogP contribution in [0.2, 0.25) is 0 Å². The van der Waals surface area contributed by atoms with Crippen LogP contribution in [0.1, 0.15) is 28.3 Å². The standard InChI is InChI=1S/C23H23NO/c1-17-6-5-8-19(16-17)23-22-9-4-3-7-18(22)14-15-24(23)20-10-12-21(25-2)13-11-20/h3-13,16,23H,14-15H2,1-2H3. The van der Waals surface area contributed by atoms with Gasteiger partial charge in [0.1, 0.15) is 5.75 Å². The van der Waals surface area contributed by atoms with Gasteiger partial charge in [0.15, 0.2) is 0 Å². The van der Waals surface area contributed by atoms with Crippen molar-refractivity contribution in [2.24, 2.45) is 0 Å². The topological polar surface area (TPSA) is 12.5 Å². The van der Waals surface area contributed by atoms with Crippen molar-refractivity contribution in [1.29, 1.82) is 0 Å². The smallest absolute Gasteiger partial charge is 0.119 e. The summed E-state index contributed by atoms with van der Waals surface area (Å²) in [7, 11) is 1.71. The minimum Gasteiger partial charge on any atom is -0.497 e. The number of benzene rings is 3. The number of anilines is 1. The Morgan fingerprint density at radius 1 is 0.920 bits per heavy atom. The summed E-state index contributed by atoms with van der Waals surface area (Å²) in [6.07, 6.45) is 1.07. The Kier molecular flexibility index (Phi) is 4.19.